The molecular weight excluding hydrogens is 1510 g/mol. The summed E-state index contributed by atoms with van der Waals surface area (Å²) < 4.78 is 0.966. The molecule has 0 aliphatic heterocycles. The SMILES string of the molecule is Brc1cccnc1-c1ccccn1.CCC.CCC.Cc1cc2ccccc2cc1C.[Ru].[Ru].c1ccc(-c2ccccn2)nc1.c1ccc(-c2ccccn2)nc1.c1ccc(-c2ccccn2)nc1.c1ccc(-c2ccccn2)nc1.c1ccc2cc3c(cc2c1)c1cccnc1c1ncccc31. The van der Waals surface area contributed by atoms with Crippen molar-refractivity contribution in [1.29, 1.82) is 0 Å². The van der Waals surface area contributed by atoms with Crippen LogP contribution in [-0.4, -0.2) is 59.8 Å². The van der Waals surface area contributed by atoms with Gasteiger partial charge >= 0.3 is 0 Å². The van der Waals surface area contributed by atoms with Gasteiger partial charge in [0.25, 0.3) is 0 Å². The Morgan fingerprint density at radius 3 is 0.680 bits per heavy atom. The molecule has 0 aliphatic carbocycles. The fourth-order valence-electron chi connectivity index (χ4n) is 9.97. The first-order valence-electron chi connectivity index (χ1n) is 33.5. The molecule has 0 fully saturated rings. The van der Waals surface area contributed by atoms with E-state index in [-0.39, 0.29) is 39.0 Å². The molecule has 17 aromatic rings. The Hall–Kier alpha value is -11.1. The maximum atomic E-state index is 4.58. The summed E-state index contributed by atoms with van der Waals surface area (Å²) in [5.41, 5.74) is 13.8. The molecule has 0 N–H and O–H groups in total. The summed E-state index contributed by atoms with van der Waals surface area (Å²) in [4.78, 5) is 51.1. The molecule has 0 aliphatic rings. The standard InChI is InChI=1S/C20H12N2.C12H12.C10H7BrN2.4C10H8N2.2C3H8.2Ru/c1-2-6-14-12-18-16-8-4-10-22-20(16)19-15(7-3-9-21-19)17(18)11-13(14)5-1;1-9-7-11-5-3-4-6-12(11)8-10(9)2;11-8-4-3-7-13-10(8)9-5-1-2-6-12-9;4*1-3-7-11-9(5-1)10-6-2-4-8-12-10;2*1-3-2;;/h1-12H;3-8H,1-2H3;1-7H;4*1-8H;2*3H2,1-2H3;;. The number of benzene rings is 5. The number of rotatable bonds is 5. The van der Waals surface area contributed by atoms with Crippen LogP contribution < -0.4 is 0 Å². The Morgan fingerprint density at radius 2 is 0.437 bits per heavy atom. The summed E-state index contributed by atoms with van der Waals surface area (Å²) in [6.07, 6.45) is 23.8. The third-order valence-corrected chi connectivity index (χ3v) is 15.3. The molecule has 0 unspecified atom stereocenters. The zero-order chi connectivity index (χ0) is 70.5. The number of aryl methyl sites for hydroxylation is 2. The topological polar surface area (TPSA) is 155 Å². The average molecular weight is 1590 g/mol. The van der Waals surface area contributed by atoms with Crippen molar-refractivity contribution in [1.82, 2.24) is 59.8 Å². The van der Waals surface area contributed by atoms with Gasteiger partial charge in [0, 0.05) is 129 Å². The fourth-order valence-corrected chi connectivity index (χ4v) is 10.4. The second kappa shape index (κ2) is 44.2. The third kappa shape index (κ3) is 24.3. The summed E-state index contributed by atoms with van der Waals surface area (Å²) in [5, 5.41) is 9.97. The Morgan fingerprint density at radius 1 is 0.223 bits per heavy atom. The van der Waals surface area contributed by atoms with Crippen molar-refractivity contribution in [3.63, 3.8) is 0 Å². The molecule has 0 atom stereocenters. The summed E-state index contributed by atoms with van der Waals surface area (Å²) in [6, 6.07) is 90.2. The van der Waals surface area contributed by atoms with Gasteiger partial charge in [0.05, 0.1) is 62.3 Å². The quantitative estimate of drug-likeness (QED) is 0.0915. The Bertz CT molecular complexity index is 4600. The predicted molar refractivity (Wildman–Crippen MR) is 422 cm³/mol. The number of pyridine rings is 12. The molecule has 514 valence electrons. The van der Waals surface area contributed by atoms with Crippen LogP contribution >= 0.6 is 15.9 Å². The van der Waals surface area contributed by atoms with E-state index in [2.05, 4.69) is 202 Å². The van der Waals surface area contributed by atoms with Crippen molar-refractivity contribution < 1.29 is 39.0 Å². The van der Waals surface area contributed by atoms with Gasteiger partial charge in [-0.3, -0.25) is 59.8 Å². The second-order valence-electron chi connectivity index (χ2n) is 22.5. The molecule has 0 amide bonds. The normalized spacial score (nSPS) is 9.82. The molecule has 103 heavy (non-hydrogen) atoms. The largest absolute Gasteiger partial charge is 0.255 e. The number of hydrogen-bond donors (Lipinski definition) is 0. The number of aromatic nitrogens is 12. The molecule has 15 heteroatoms. The molecule has 0 saturated heterocycles. The first-order valence-corrected chi connectivity index (χ1v) is 34.3. The van der Waals surface area contributed by atoms with Crippen LogP contribution in [0.15, 0.2) is 352 Å². The summed E-state index contributed by atoms with van der Waals surface area (Å²) in [7, 11) is 0. The van der Waals surface area contributed by atoms with Gasteiger partial charge in [0.1, 0.15) is 5.69 Å². The van der Waals surface area contributed by atoms with Crippen LogP contribution in [-0.2, 0) is 39.0 Å². The van der Waals surface area contributed by atoms with Crippen LogP contribution in [0, 0.1) is 13.8 Å². The Labute approximate surface area is 638 Å². The molecule has 0 radical (unpaired) electrons. The molecular formula is C88H79BrN12Ru2. The van der Waals surface area contributed by atoms with E-state index < -0.39 is 0 Å². The van der Waals surface area contributed by atoms with E-state index in [4.69, 9.17) is 0 Å². The number of nitrogens with zero attached hydrogens (tertiary/aromatic N) is 12. The van der Waals surface area contributed by atoms with E-state index in [1.165, 1.54) is 56.3 Å². The molecule has 12 nitrogen and oxygen atoms in total. The Balaban J connectivity index is 0.000000168. The monoisotopic (exact) mass is 1590 g/mol. The van der Waals surface area contributed by atoms with E-state index in [1.54, 1.807) is 62.0 Å². The van der Waals surface area contributed by atoms with E-state index in [1.807, 2.05) is 200 Å². The maximum Gasteiger partial charge on any atom is 0.103 e. The van der Waals surface area contributed by atoms with Crippen LogP contribution in [0.2, 0.25) is 0 Å². The van der Waals surface area contributed by atoms with Crippen molar-refractivity contribution in [2.45, 2.75) is 54.4 Å². The van der Waals surface area contributed by atoms with E-state index >= 15 is 0 Å². The molecule has 12 aromatic heterocycles. The molecule has 12 heterocycles. The molecule has 5 aromatic carbocycles. The summed E-state index contributed by atoms with van der Waals surface area (Å²) in [5.74, 6) is 0. The first kappa shape index (κ1) is 79.3. The second-order valence-corrected chi connectivity index (χ2v) is 23.4. The van der Waals surface area contributed by atoms with Gasteiger partial charge in [-0.25, -0.2) is 0 Å². The maximum absolute atomic E-state index is 4.58. The smallest absolute Gasteiger partial charge is 0.103 e. The van der Waals surface area contributed by atoms with E-state index in [0.29, 0.717) is 0 Å². The van der Waals surface area contributed by atoms with Crippen LogP contribution in [0.25, 0.3) is 111 Å². The van der Waals surface area contributed by atoms with Gasteiger partial charge in [-0.1, -0.05) is 168 Å². The molecule has 0 bridgehead atoms. The number of fused-ring (bicyclic) bond motifs is 8. The number of halogens is 1. The van der Waals surface area contributed by atoms with Gasteiger partial charge in [-0.2, -0.15) is 0 Å². The molecule has 17 rings (SSSR count). The zero-order valence-electron chi connectivity index (χ0n) is 58.3. The van der Waals surface area contributed by atoms with Crippen molar-refractivity contribution in [2.24, 2.45) is 0 Å². The van der Waals surface area contributed by atoms with Gasteiger partial charge < -0.3 is 0 Å². The Kier molecular flexibility index (Phi) is 34.0. The summed E-state index contributed by atoms with van der Waals surface area (Å²) >= 11 is 3.43. The predicted octanol–water partition coefficient (Wildman–Crippen LogP) is 22.9. The van der Waals surface area contributed by atoms with E-state index in [9.17, 15) is 0 Å². The van der Waals surface area contributed by atoms with Crippen molar-refractivity contribution >= 4 is 70.1 Å². The van der Waals surface area contributed by atoms with Crippen molar-refractivity contribution in [3.8, 4) is 56.9 Å². The van der Waals surface area contributed by atoms with Gasteiger partial charge in [-0.15, -0.1) is 0 Å². The van der Waals surface area contributed by atoms with Crippen molar-refractivity contribution in [3.05, 3.63) is 363 Å². The van der Waals surface area contributed by atoms with Crippen LogP contribution in [0.5, 0.6) is 0 Å². The fraction of sp³-hybridized carbons (Fsp3) is 0.0909. The zero-order valence-corrected chi connectivity index (χ0v) is 63.3. The minimum atomic E-state index is 0. The average Bonchev–Trinajstić information content (AvgIpc) is 0.740. The van der Waals surface area contributed by atoms with Gasteiger partial charge in [0.15, 0.2) is 0 Å². The van der Waals surface area contributed by atoms with Crippen LogP contribution in [0.4, 0.5) is 0 Å². The minimum Gasteiger partial charge on any atom is -0.255 e. The van der Waals surface area contributed by atoms with Crippen molar-refractivity contribution in [2.75, 3.05) is 0 Å². The minimum absolute atomic E-state index is 0. The van der Waals surface area contributed by atoms with Gasteiger partial charge in [-0.05, 0) is 219 Å². The van der Waals surface area contributed by atoms with E-state index in [0.717, 1.165) is 83.2 Å². The van der Waals surface area contributed by atoms with Gasteiger partial charge in [0.2, 0.25) is 0 Å². The van der Waals surface area contributed by atoms with Crippen LogP contribution in [0.1, 0.15) is 51.7 Å². The first-order chi connectivity index (χ1) is 49.8. The third-order valence-electron chi connectivity index (χ3n) is 14.7. The number of hydrogen-bond acceptors (Lipinski definition) is 12. The van der Waals surface area contributed by atoms with Crippen LogP contribution in [0.3, 0.4) is 0 Å². The summed E-state index contributed by atoms with van der Waals surface area (Å²) in [6.45, 7) is 12.8. The molecule has 0 spiro atoms. The molecule has 0 saturated carbocycles.